The van der Waals surface area contributed by atoms with Gasteiger partial charge in [0, 0.05) is 130 Å². The molecule has 17 aromatic carbocycles. The van der Waals surface area contributed by atoms with Crippen LogP contribution >= 0.6 is 0 Å². The first-order valence-electron chi connectivity index (χ1n) is 45.2. The fourth-order valence-electron chi connectivity index (χ4n) is 16.7. The Bertz CT molecular complexity index is 6530. The minimum absolute atomic E-state index is 0.145. The summed E-state index contributed by atoms with van der Waals surface area (Å²) in [7, 11) is 3.35. The van der Waals surface area contributed by atoms with E-state index in [-0.39, 0.29) is 6.10 Å². The molecule has 0 aliphatic heterocycles. The predicted molar refractivity (Wildman–Crippen MR) is 549 cm³/mol. The van der Waals surface area contributed by atoms with Gasteiger partial charge in [-0.3, -0.25) is 24.0 Å². The Morgan fingerprint density at radius 3 is 0.604 bits per heavy atom. The molecule has 0 atom stereocenters. The summed E-state index contributed by atoms with van der Waals surface area (Å²) in [6, 6.07) is 146. The standard InChI is InChI=1S/C32H26N2O2.C24H23NO2.C23H21NO.C22H21NO2.C19H15NO/c1-36-32-22-20-31(21-23-32)34(27-10-6-3-7-11-27)30-18-16-29(17-19-30)33(26-8-4-2-5-9-26)28-14-12-25(24-35)13-15-28;1-27-22-15-13-21(14-16-22)25(20-11-9-18(17-26)10-12-20)24-8-4-6-19-5-2-3-7-23(19)24;25-17-18-13-15-21(16-14-18)24(20-9-2-1-3-10-20)23-12-6-8-19-7-4-5-11-22(19)23;1-17(2)25-22-14-12-21(13-15-22)23(19-6-4-3-5-7-19)20-10-8-18(16-24)9-11-20;21-15-16-11-13-19(14-12-16)20(17-7-3-1-4-8-17)18-9-5-2-6-10-18/h2-24H,1H3;4,6,8-17H,2-3,5,7H2,1H3;1-3,6,8-10,12-17H,4-5,7,11H2;3-17H,1-2H3;1-15H. The van der Waals surface area contributed by atoms with Gasteiger partial charge in [-0.25, -0.2) is 0 Å². The minimum atomic E-state index is 0.145. The highest BCUT2D eigenvalue weighted by atomic mass is 16.5. The highest BCUT2D eigenvalue weighted by molar-refractivity contribution is 5.88. The molecule has 0 radical (unpaired) electrons. The van der Waals surface area contributed by atoms with E-state index in [9.17, 15) is 24.0 Å². The molecule has 19 rings (SSSR count). The molecule has 0 amide bonds. The van der Waals surface area contributed by atoms with E-state index in [0.717, 1.165) is 165 Å². The van der Waals surface area contributed by atoms with Crippen LogP contribution in [0.15, 0.2) is 437 Å². The van der Waals surface area contributed by atoms with Crippen molar-refractivity contribution in [3.8, 4) is 17.2 Å². The Hall–Kier alpha value is -16.7. The van der Waals surface area contributed by atoms with Gasteiger partial charge in [0.25, 0.3) is 0 Å². The number of nitrogens with zero attached hydrogens (tertiary/aromatic N) is 6. The summed E-state index contributed by atoms with van der Waals surface area (Å²) >= 11 is 0. The molecule has 17 aromatic rings. The molecule has 0 fully saturated rings. The summed E-state index contributed by atoms with van der Waals surface area (Å²) < 4.78 is 16.4. The fourth-order valence-corrected chi connectivity index (χ4v) is 16.7. The summed E-state index contributed by atoms with van der Waals surface area (Å²) in [5.74, 6) is 2.51. The molecule has 14 nitrogen and oxygen atoms in total. The van der Waals surface area contributed by atoms with Crippen molar-refractivity contribution in [3.05, 3.63) is 487 Å². The zero-order valence-corrected chi connectivity index (χ0v) is 75.6. The SMILES string of the molecule is CC(C)Oc1ccc(N(c2ccccc2)c2ccc(C=O)cc2)cc1.COc1ccc(N(c2ccc(C=O)cc2)c2cccc3c2CCCC3)cc1.COc1ccc(N(c2ccccc2)c2ccc(N(c3ccccc3)c3ccc(C=O)cc3)cc2)cc1.O=Cc1ccc(N(c2ccccc2)c2cccc3c2CCCC3)cc1.O=Cc1ccc(N(c2ccccc2)c2ccccc2)cc1. The molecule has 14 heteroatoms. The molecule has 664 valence electrons. The molecule has 0 N–H and O–H groups in total. The van der Waals surface area contributed by atoms with Gasteiger partial charge in [-0.15, -0.1) is 0 Å². The average molecular weight is 1760 g/mol. The lowest BCUT2D eigenvalue weighted by atomic mass is 9.90. The van der Waals surface area contributed by atoms with E-state index >= 15 is 0 Å². The predicted octanol–water partition coefficient (Wildman–Crippen LogP) is 30.9. The lowest BCUT2D eigenvalue weighted by molar-refractivity contribution is 0.111. The molecule has 0 saturated carbocycles. The number of aryl methyl sites for hydroxylation is 2. The largest absolute Gasteiger partial charge is 0.497 e. The van der Waals surface area contributed by atoms with Gasteiger partial charge in [0.05, 0.1) is 20.3 Å². The van der Waals surface area contributed by atoms with Crippen LogP contribution in [0.4, 0.5) is 102 Å². The van der Waals surface area contributed by atoms with E-state index in [1.807, 2.05) is 281 Å². The topological polar surface area (TPSA) is 132 Å². The number of hydrogen-bond acceptors (Lipinski definition) is 14. The maximum absolute atomic E-state index is 11.2. The van der Waals surface area contributed by atoms with Crippen molar-refractivity contribution in [1.82, 2.24) is 0 Å². The number of aldehydes is 5. The van der Waals surface area contributed by atoms with Crippen molar-refractivity contribution in [3.63, 3.8) is 0 Å². The minimum Gasteiger partial charge on any atom is -0.497 e. The number of rotatable bonds is 27. The molecule has 0 aromatic heterocycles. The van der Waals surface area contributed by atoms with Crippen LogP contribution in [0.25, 0.3) is 0 Å². The molecule has 0 bridgehead atoms. The van der Waals surface area contributed by atoms with E-state index in [1.54, 1.807) is 14.2 Å². The molecule has 0 unspecified atom stereocenters. The number of hydrogen-bond donors (Lipinski definition) is 0. The highest BCUT2D eigenvalue weighted by Gasteiger charge is 2.25. The quantitative estimate of drug-likeness (QED) is 0.0452. The Morgan fingerprint density at radius 1 is 0.201 bits per heavy atom. The Balaban J connectivity index is 0.000000129. The summed E-state index contributed by atoms with van der Waals surface area (Å²) in [5, 5.41) is 0. The average Bonchev–Trinajstić information content (AvgIpc) is 0.773. The Labute approximate surface area is 786 Å². The Kier molecular flexibility index (Phi) is 31.9. The fraction of sp³-hybridized carbons (Fsp3) is 0.108. The van der Waals surface area contributed by atoms with Crippen molar-refractivity contribution >= 4 is 134 Å². The lowest BCUT2D eigenvalue weighted by Gasteiger charge is -2.30. The molecule has 0 saturated heterocycles. The molecule has 0 spiro atoms. The second-order valence-electron chi connectivity index (χ2n) is 32.4. The van der Waals surface area contributed by atoms with Crippen molar-refractivity contribution in [1.29, 1.82) is 0 Å². The van der Waals surface area contributed by atoms with Crippen molar-refractivity contribution < 1.29 is 38.2 Å². The van der Waals surface area contributed by atoms with E-state index in [2.05, 4.69) is 199 Å². The smallest absolute Gasteiger partial charge is 0.150 e. The first-order valence-corrected chi connectivity index (χ1v) is 45.2. The molecule has 0 heterocycles. The van der Waals surface area contributed by atoms with Crippen LogP contribution in [0.2, 0.25) is 0 Å². The molecule has 2 aliphatic rings. The number of carbonyl (C=O) groups excluding carboxylic acids is 5. The van der Waals surface area contributed by atoms with Crippen molar-refractivity contribution in [2.45, 2.75) is 71.3 Å². The van der Waals surface area contributed by atoms with E-state index < -0.39 is 0 Å². The van der Waals surface area contributed by atoms with Crippen LogP contribution in [0.5, 0.6) is 17.2 Å². The summed E-state index contributed by atoms with van der Waals surface area (Å²) in [5.41, 5.74) is 28.5. The number of anilines is 18. The third-order valence-corrected chi connectivity index (χ3v) is 23.2. The maximum atomic E-state index is 11.2. The maximum Gasteiger partial charge on any atom is 0.150 e. The van der Waals surface area contributed by atoms with Crippen LogP contribution in [0.3, 0.4) is 0 Å². The van der Waals surface area contributed by atoms with Crippen LogP contribution in [-0.2, 0) is 25.7 Å². The Morgan fingerprint density at radius 2 is 0.388 bits per heavy atom. The number of fused-ring (bicyclic) bond motifs is 2. The van der Waals surface area contributed by atoms with Gasteiger partial charge >= 0.3 is 0 Å². The molecule has 134 heavy (non-hydrogen) atoms. The second kappa shape index (κ2) is 46.5. The van der Waals surface area contributed by atoms with Crippen LogP contribution in [0, 0.1) is 0 Å². The molecular weight excluding hydrogens is 1650 g/mol. The molecule has 2 aliphatic carbocycles. The van der Waals surface area contributed by atoms with Crippen molar-refractivity contribution in [2.75, 3.05) is 43.6 Å². The number of benzene rings is 17. The van der Waals surface area contributed by atoms with Gasteiger partial charge in [-0.1, -0.05) is 133 Å². The first kappa shape index (κ1) is 92.0. The number of para-hydroxylation sites is 6. The third-order valence-electron chi connectivity index (χ3n) is 23.2. The zero-order valence-electron chi connectivity index (χ0n) is 75.6. The van der Waals surface area contributed by atoms with Crippen LogP contribution in [-0.4, -0.2) is 51.8 Å². The monoisotopic (exact) mass is 1760 g/mol. The van der Waals surface area contributed by atoms with Gasteiger partial charge in [0.15, 0.2) is 0 Å². The normalized spacial score (nSPS) is 11.4. The number of methoxy groups -OCH3 is 2. The van der Waals surface area contributed by atoms with E-state index in [1.165, 1.54) is 59.3 Å². The summed E-state index contributed by atoms with van der Waals surface area (Å²) in [6.07, 6.45) is 14.0. The summed E-state index contributed by atoms with van der Waals surface area (Å²) in [4.78, 5) is 68.3. The molecular formula is C120H106N6O8. The number of ether oxygens (including phenoxy) is 3. The second-order valence-corrected chi connectivity index (χ2v) is 32.4. The third kappa shape index (κ3) is 23.5. The van der Waals surface area contributed by atoms with E-state index in [4.69, 9.17) is 14.2 Å². The van der Waals surface area contributed by atoms with E-state index in [0.29, 0.717) is 27.8 Å². The van der Waals surface area contributed by atoms with Gasteiger partial charge in [-0.2, -0.15) is 0 Å². The van der Waals surface area contributed by atoms with Gasteiger partial charge in [-0.05, 0) is 391 Å². The van der Waals surface area contributed by atoms with Gasteiger partial charge in [0.2, 0.25) is 0 Å². The number of carbonyl (C=O) groups is 5. The summed E-state index contributed by atoms with van der Waals surface area (Å²) in [6.45, 7) is 4.03. The van der Waals surface area contributed by atoms with Crippen molar-refractivity contribution in [2.24, 2.45) is 0 Å². The van der Waals surface area contributed by atoms with Gasteiger partial charge < -0.3 is 43.6 Å². The zero-order chi connectivity index (χ0) is 92.6. The van der Waals surface area contributed by atoms with Gasteiger partial charge in [0.1, 0.15) is 48.7 Å². The first-order chi connectivity index (χ1) is 66.0. The van der Waals surface area contributed by atoms with Crippen LogP contribution in [0.1, 0.15) is 114 Å². The van der Waals surface area contributed by atoms with Crippen LogP contribution < -0.4 is 43.6 Å². The highest BCUT2D eigenvalue weighted by Crippen LogP contribution is 2.46. The lowest BCUT2D eigenvalue weighted by Crippen LogP contribution is -2.15.